The van der Waals surface area contributed by atoms with Crippen molar-refractivity contribution >= 4 is 27.7 Å². The van der Waals surface area contributed by atoms with Gasteiger partial charge < -0.3 is 13.9 Å². The van der Waals surface area contributed by atoms with Crippen LogP contribution in [-0.4, -0.2) is 18.7 Å². The Labute approximate surface area is 186 Å². The molecule has 33 heavy (non-hydrogen) atoms. The van der Waals surface area contributed by atoms with Crippen molar-refractivity contribution in [2.75, 3.05) is 6.61 Å². The Morgan fingerprint density at radius 1 is 1.00 bits per heavy atom. The van der Waals surface area contributed by atoms with Crippen molar-refractivity contribution in [1.29, 1.82) is 0 Å². The highest BCUT2D eigenvalue weighted by Crippen LogP contribution is 2.39. The Kier molecular flexibility index (Phi) is 5.84. The summed E-state index contributed by atoms with van der Waals surface area (Å²) in [4.78, 5) is 24.9. The summed E-state index contributed by atoms with van der Waals surface area (Å²) in [5.74, 6) is -1.96. The van der Waals surface area contributed by atoms with Gasteiger partial charge in [-0.15, -0.1) is 0 Å². The van der Waals surface area contributed by atoms with E-state index in [0.717, 1.165) is 6.07 Å². The molecule has 0 bridgehead atoms. The van der Waals surface area contributed by atoms with Crippen molar-refractivity contribution in [2.45, 2.75) is 26.1 Å². The van der Waals surface area contributed by atoms with Crippen LogP contribution >= 0.6 is 0 Å². The molecule has 0 aliphatic rings. The third-order valence-corrected chi connectivity index (χ3v) is 4.90. The van der Waals surface area contributed by atoms with E-state index in [1.165, 1.54) is 18.2 Å². The first kappa shape index (κ1) is 22.4. The summed E-state index contributed by atoms with van der Waals surface area (Å²) >= 11 is 0. The van der Waals surface area contributed by atoms with Crippen LogP contribution in [0, 0.1) is 0 Å². The van der Waals surface area contributed by atoms with Gasteiger partial charge in [0.2, 0.25) is 11.2 Å². The monoisotopic (exact) mass is 456 g/mol. The van der Waals surface area contributed by atoms with E-state index in [1.54, 1.807) is 50.2 Å². The van der Waals surface area contributed by atoms with Crippen LogP contribution < -0.4 is 10.2 Å². The minimum absolute atomic E-state index is 0.0389. The lowest BCUT2D eigenvalue weighted by Gasteiger charge is -2.15. The predicted octanol–water partition coefficient (Wildman–Crippen LogP) is 5.96. The third kappa shape index (κ3) is 4.55. The molecule has 4 aromatic rings. The van der Waals surface area contributed by atoms with Gasteiger partial charge in [-0.1, -0.05) is 42.5 Å². The Hall–Kier alpha value is -3.81. The number of esters is 1. The van der Waals surface area contributed by atoms with Crippen LogP contribution in [0.2, 0.25) is 0 Å². The Balaban J connectivity index is 1.86. The van der Waals surface area contributed by atoms with Crippen LogP contribution in [0.1, 0.15) is 19.6 Å². The minimum atomic E-state index is -4.92. The molecule has 0 atom stereocenters. The normalized spacial score (nSPS) is 11.8. The van der Waals surface area contributed by atoms with Crippen LogP contribution in [0.25, 0.3) is 32.9 Å². The SMILES string of the molecule is CC(C)OC(=O)COc1ccc2c(=O)c(-c3cccc4ccccc34)c(C(F)(F)F)oc2c1. The number of hydrogen-bond donors (Lipinski definition) is 0. The third-order valence-electron chi connectivity index (χ3n) is 4.90. The summed E-state index contributed by atoms with van der Waals surface area (Å²) in [5.41, 5.74) is -1.54. The molecule has 8 heteroatoms. The molecule has 5 nitrogen and oxygen atoms in total. The van der Waals surface area contributed by atoms with Crippen molar-refractivity contribution in [1.82, 2.24) is 0 Å². The molecule has 0 N–H and O–H groups in total. The second-order valence-corrected chi connectivity index (χ2v) is 7.65. The average molecular weight is 456 g/mol. The summed E-state index contributed by atoms with van der Waals surface area (Å²) in [6.07, 6.45) is -5.25. The first-order valence-electron chi connectivity index (χ1n) is 10.1. The van der Waals surface area contributed by atoms with Crippen LogP contribution in [0.5, 0.6) is 5.75 Å². The van der Waals surface area contributed by atoms with Crippen LogP contribution in [-0.2, 0) is 15.7 Å². The standard InChI is InChI=1S/C25H19F3O5/c1-14(2)32-21(29)13-31-16-10-11-19-20(12-16)33-24(25(26,27)28)22(23(19)30)18-9-5-7-15-6-3-4-8-17(15)18/h3-12,14H,13H2,1-2H3. The average Bonchev–Trinajstić information content (AvgIpc) is 2.76. The molecule has 4 rings (SSSR count). The number of carbonyl (C=O) groups is 1. The van der Waals surface area contributed by atoms with Crippen LogP contribution in [0.3, 0.4) is 0 Å². The number of halogens is 3. The quantitative estimate of drug-likeness (QED) is 0.347. The highest BCUT2D eigenvalue weighted by molar-refractivity contribution is 5.98. The lowest BCUT2D eigenvalue weighted by molar-refractivity contribution is -0.152. The van der Waals surface area contributed by atoms with E-state index in [9.17, 15) is 22.8 Å². The van der Waals surface area contributed by atoms with Gasteiger partial charge >= 0.3 is 12.1 Å². The molecule has 0 fully saturated rings. The van der Waals surface area contributed by atoms with E-state index in [1.807, 2.05) is 0 Å². The van der Waals surface area contributed by atoms with Crippen LogP contribution in [0.15, 0.2) is 69.9 Å². The zero-order chi connectivity index (χ0) is 23.8. The summed E-state index contributed by atoms with van der Waals surface area (Å²) < 4.78 is 57.5. The maximum Gasteiger partial charge on any atom is 0.450 e. The number of fused-ring (bicyclic) bond motifs is 2. The van der Waals surface area contributed by atoms with E-state index < -0.39 is 35.5 Å². The topological polar surface area (TPSA) is 65.7 Å². The molecule has 0 aliphatic carbocycles. The molecule has 0 saturated carbocycles. The van der Waals surface area contributed by atoms with Crippen LogP contribution in [0.4, 0.5) is 13.2 Å². The molecule has 1 heterocycles. The smallest absolute Gasteiger partial charge is 0.450 e. The largest absolute Gasteiger partial charge is 0.482 e. The summed E-state index contributed by atoms with van der Waals surface area (Å²) in [5, 5.41) is 1.16. The number of benzene rings is 3. The maximum atomic E-state index is 14.0. The lowest BCUT2D eigenvalue weighted by atomic mass is 9.96. The van der Waals surface area contributed by atoms with Gasteiger partial charge in [0.15, 0.2) is 6.61 Å². The minimum Gasteiger partial charge on any atom is -0.482 e. The summed E-state index contributed by atoms with van der Waals surface area (Å²) in [6, 6.07) is 15.5. The zero-order valence-electron chi connectivity index (χ0n) is 17.7. The molecule has 0 unspecified atom stereocenters. The molecule has 0 spiro atoms. The Bertz CT molecular complexity index is 1400. The number of ether oxygens (including phenoxy) is 2. The van der Waals surface area contributed by atoms with Gasteiger partial charge in [-0.25, -0.2) is 4.79 Å². The second-order valence-electron chi connectivity index (χ2n) is 7.65. The molecule has 0 aliphatic heterocycles. The van der Waals surface area contributed by atoms with E-state index in [4.69, 9.17) is 13.9 Å². The first-order valence-corrected chi connectivity index (χ1v) is 10.1. The summed E-state index contributed by atoms with van der Waals surface area (Å²) in [6.45, 7) is 2.91. The van der Waals surface area contributed by atoms with Gasteiger partial charge in [0.25, 0.3) is 0 Å². The Morgan fingerprint density at radius 2 is 1.73 bits per heavy atom. The van der Waals surface area contributed by atoms with Gasteiger partial charge in [0.1, 0.15) is 11.3 Å². The fraction of sp³-hybridized carbons (Fsp3) is 0.200. The number of carbonyl (C=O) groups excluding carboxylic acids is 1. The van der Waals surface area contributed by atoms with Crippen molar-refractivity contribution in [3.8, 4) is 16.9 Å². The number of rotatable bonds is 5. The summed E-state index contributed by atoms with van der Waals surface area (Å²) in [7, 11) is 0. The first-order chi connectivity index (χ1) is 15.6. The highest BCUT2D eigenvalue weighted by atomic mass is 19.4. The van der Waals surface area contributed by atoms with Gasteiger partial charge in [-0.05, 0) is 42.3 Å². The van der Waals surface area contributed by atoms with E-state index in [0.29, 0.717) is 10.8 Å². The molecular formula is C25H19F3O5. The van der Waals surface area contributed by atoms with Gasteiger partial charge in [0, 0.05) is 6.07 Å². The molecule has 1 aromatic heterocycles. The molecule has 170 valence electrons. The van der Waals surface area contributed by atoms with E-state index >= 15 is 0 Å². The fourth-order valence-electron chi connectivity index (χ4n) is 3.59. The van der Waals surface area contributed by atoms with Gasteiger partial charge in [-0.3, -0.25) is 4.79 Å². The molecule has 3 aromatic carbocycles. The second kappa shape index (κ2) is 8.61. The van der Waals surface area contributed by atoms with Crippen molar-refractivity contribution < 1.29 is 31.9 Å². The number of alkyl halides is 3. The van der Waals surface area contributed by atoms with E-state index in [-0.39, 0.29) is 28.4 Å². The molecular weight excluding hydrogens is 437 g/mol. The highest BCUT2D eigenvalue weighted by Gasteiger charge is 2.39. The van der Waals surface area contributed by atoms with E-state index in [2.05, 4.69) is 0 Å². The lowest BCUT2D eigenvalue weighted by Crippen LogP contribution is -2.19. The zero-order valence-corrected chi connectivity index (χ0v) is 17.7. The molecule has 0 radical (unpaired) electrons. The van der Waals surface area contributed by atoms with Gasteiger partial charge in [-0.2, -0.15) is 13.2 Å². The number of hydrogen-bond acceptors (Lipinski definition) is 5. The maximum absolute atomic E-state index is 14.0. The van der Waals surface area contributed by atoms with Crippen molar-refractivity contribution in [2.24, 2.45) is 0 Å². The van der Waals surface area contributed by atoms with Crippen molar-refractivity contribution in [3.63, 3.8) is 0 Å². The fourth-order valence-corrected chi connectivity index (χ4v) is 3.59. The predicted molar refractivity (Wildman–Crippen MR) is 117 cm³/mol. The molecule has 0 amide bonds. The molecule has 0 saturated heterocycles. The van der Waals surface area contributed by atoms with Gasteiger partial charge in [0.05, 0.1) is 17.1 Å². The Morgan fingerprint density at radius 3 is 2.45 bits per heavy atom. The van der Waals surface area contributed by atoms with Crippen molar-refractivity contribution in [3.05, 3.63) is 76.6 Å².